The Morgan fingerprint density at radius 2 is 1.65 bits per heavy atom. The highest BCUT2D eigenvalue weighted by Gasteiger charge is 2.18. The molecule has 0 aliphatic rings. The van der Waals surface area contributed by atoms with E-state index in [1.54, 1.807) is 6.07 Å². The largest absolute Gasteiger partial charge is 0.381 e. The van der Waals surface area contributed by atoms with Gasteiger partial charge in [0.2, 0.25) is 0 Å². The van der Waals surface area contributed by atoms with Crippen LogP contribution in [-0.4, -0.2) is 18.0 Å². The van der Waals surface area contributed by atoms with Gasteiger partial charge in [-0.05, 0) is 56.0 Å². The van der Waals surface area contributed by atoms with Gasteiger partial charge in [-0.25, -0.2) is 0 Å². The van der Waals surface area contributed by atoms with Crippen LogP contribution in [0.25, 0.3) is 0 Å². The predicted molar refractivity (Wildman–Crippen MR) is 109 cm³/mol. The molecule has 1 N–H and O–H groups in total. The van der Waals surface area contributed by atoms with Gasteiger partial charge in [-0.3, -0.25) is 10.1 Å². The molecule has 0 fully saturated rings. The molecule has 26 heavy (non-hydrogen) atoms. The summed E-state index contributed by atoms with van der Waals surface area (Å²) in [6.45, 7) is 8.27. The number of nitro benzene ring substituents is 1. The van der Waals surface area contributed by atoms with Crippen LogP contribution in [0.15, 0.2) is 42.5 Å². The van der Waals surface area contributed by atoms with Crippen molar-refractivity contribution in [3.05, 3.63) is 63.7 Å². The van der Waals surface area contributed by atoms with Crippen LogP contribution in [0.3, 0.4) is 0 Å². The fourth-order valence-corrected chi connectivity index (χ4v) is 3.03. The Labute approximate surface area is 156 Å². The molecule has 0 aliphatic heterocycles. The van der Waals surface area contributed by atoms with Crippen molar-refractivity contribution >= 4 is 17.1 Å². The molecule has 0 spiro atoms. The third-order valence-electron chi connectivity index (χ3n) is 4.61. The van der Waals surface area contributed by atoms with E-state index in [2.05, 4.69) is 36.5 Å². The number of benzene rings is 2. The second-order valence-electron chi connectivity index (χ2n) is 6.41. The molecule has 0 atom stereocenters. The number of hydrogen-bond acceptors (Lipinski definition) is 4. The van der Waals surface area contributed by atoms with Gasteiger partial charge in [0.05, 0.1) is 4.92 Å². The fourth-order valence-electron chi connectivity index (χ4n) is 3.03. The molecular formula is C21H29N3O2. The highest BCUT2D eigenvalue weighted by atomic mass is 16.6. The second-order valence-corrected chi connectivity index (χ2v) is 6.41. The minimum atomic E-state index is -0.292. The average molecular weight is 355 g/mol. The van der Waals surface area contributed by atoms with Gasteiger partial charge in [0.15, 0.2) is 0 Å². The van der Waals surface area contributed by atoms with Crippen LogP contribution in [0.4, 0.5) is 17.1 Å². The zero-order valence-corrected chi connectivity index (χ0v) is 16.0. The first-order valence-corrected chi connectivity index (χ1v) is 9.44. The van der Waals surface area contributed by atoms with Crippen LogP contribution in [-0.2, 0) is 13.0 Å². The number of rotatable bonds is 10. The standard InChI is InChI=1S/C21H29N3O2/c1-4-7-8-17-9-12-19(13-10-17)22-16-18-11-14-20(23(5-2)6-3)21(15-18)24(25)26/h9-15,22H,4-8,16H2,1-3H3. The first-order chi connectivity index (χ1) is 12.6. The molecule has 0 heterocycles. The average Bonchev–Trinajstić information content (AvgIpc) is 2.67. The Balaban J connectivity index is 2.07. The van der Waals surface area contributed by atoms with Crippen molar-refractivity contribution in [1.82, 2.24) is 0 Å². The molecule has 0 radical (unpaired) electrons. The molecule has 0 bridgehead atoms. The summed E-state index contributed by atoms with van der Waals surface area (Å²) in [7, 11) is 0. The molecule has 140 valence electrons. The van der Waals surface area contributed by atoms with Crippen molar-refractivity contribution < 1.29 is 4.92 Å². The van der Waals surface area contributed by atoms with Crippen molar-refractivity contribution in [3.63, 3.8) is 0 Å². The molecule has 0 unspecified atom stereocenters. The quantitative estimate of drug-likeness (QED) is 0.458. The molecule has 2 rings (SSSR count). The van der Waals surface area contributed by atoms with Crippen LogP contribution in [0.5, 0.6) is 0 Å². The normalized spacial score (nSPS) is 10.6. The van der Waals surface area contributed by atoms with Gasteiger partial charge >= 0.3 is 0 Å². The topological polar surface area (TPSA) is 58.4 Å². The van der Waals surface area contributed by atoms with Gasteiger partial charge in [-0.2, -0.15) is 0 Å². The molecular weight excluding hydrogens is 326 g/mol. The number of nitrogens with one attached hydrogen (secondary N) is 1. The molecule has 2 aromatic carbocycles. The third kappa shape index (κ3) is 5.22. The maximum atomic E-state index is 11.5. The first kappa shape index (κ1) is 19.8. The highest BCUT2D eigenvalue weighted by Crippen LogP contribution is 2.29. The van der Waals surface area contributed by atoms with Crippen molar-refractivity contribution in [1.29, 1.82) is 0 Å². The summed E-state index contributed by atoms with van der Waals surface area (Å²) in [6, 6.07) is 13.9. The molecule has 0 saturated heterocycles. The number of hydrogen-bond donors (Lipinski definition) is 1. The van der Waals surface area contributed by atoms with Gasteiger partial charge in [-0.15, -0.1) is 0 Å². The van der Waals surface area contributed by atoms with E-state index in [1.807, 2.05) is 30.9 Å². The van der Waals surface area contributed by atoms with Crippen LogP contribution >= 0.6 is 0 Å². The van der Waals surface area contributed by atoms with Gasteiger partial charge in [0, 0.05) is 31.4 Å². The Hall–Kier alpha value is -2.56. The Morgan fingerprint density at radius 3 is 2.23 bits per heavy atom. The monoisotopic (exact) mass is 355 g/mol. The van der Waals surface area contributed by atoms with E-state index in [1.165, 1.54) is 18.4 Å². The zero-order valence-electron chi connectivity index (χ0n) is 16.0. The molecule has 0 aromatic heterocycles. The van der Waals surface area contributed by atoms with E-state index in [4.69, 9.17) is 0 Å². The van der Waals surface area contributed by atoms with Crippen LogP contribution in [0.2, 0.25) is 0 Å². The lowest BCUT2D eigenvalue weighted by molar-refractivity contribution is -0.384. The number of aryl methyl sites for hydroxylation is 1. The van der Waals surface area contributed by atoms with E-state index >= 15 is 0 Å². The summed E-state index contributed by atoms with van der Waals surface area (Å²) in [5.74, 6) is 0. The number of unbranched alkanes of at least 4 members (excludes halogenated alkanes) is 1. The van der Waals surface area contributed by atoms with Crippen LogP contribution in [0, 0.1) is 10.1 Å². The maximum Gasteiger partial charge on any atom is 0.292 e. The third-order valence-corrected chi connectivity index (χ3v) is 4.61. The Kier molecular flexibility index (Phi) is 7.45. The lowest BCUT2D eigenvalue weighted by Gasteiger charge is -2.21. The molecule has 5 heteroatoms. The van der Waals surface area contributed by atoms with Crippen molar-refractivity contribution in [3.8, 4) is 0 Å². The Bertz CT molecular complexity index is 710. The Morgan fingerprint density at radius 1 is 1.00 bits per heavy atom. The number of nitro groups is 1. The van der Waals surface area contributed by atoms with E-state index in [0.29, 0.717) is 12.2 Å². The van der Waals surface area contributed by atoms with E-state index in [9.17, 15) is 10.1 Å². The van der Waals surface area contributed by atoms with Gasteiger partial charge in [0.25, 0.3) is 5.69 Å². The molecule has 0 amide bonds. The summed E-state index contributed by atoms with van der Waals surface area (Å²) >= 11 is 0. The SMILES string of the molecule is CCCCc1ccc(NCc2ccc(N(CC)CC)c([N+](=O)[O-])c2)cc1. The van der Waals surface area contributed by atoms with Gasteiger partial charge in [-0.1, -0.05) is 31.5 Å². The van der Waals surface area contributed by atoms with Crippen molar-refractivity contribution in [2.45, 2.75) is 46.6 Å². The predicted octanol–water partition coefficient (Wildman–Crippen LogP) is 5.40. The zero-order chi connectivity index (χ0) is 18.9. The van der Waals surface area contributed by atoms with Crippen LogP contribution < -0.4 is 10.2 Å². The van der Waals surface area contributed by atoms with E-state index < -0.39 is 0 Å². The molecule has 5 nitrogen and oxygen atoms in total. The summed E-state index contributed by atoms with van der Waals surface area (Å²) in [5.41, 5.74) is 4.13. The van der Waals surface area contributed by atoms with Gasteiger partial charge < -0.3 is 10.2 Å². The molecule has 0 aliphatic carbocycles. The summed E-state index contributed by atoms with van der Waals surface area (Å²) in [4.78, 5) is 13.2. The number of anilines is 2. The maximum absolute atomic E-state index is 11.5. The number of nitrogens with zero attached hydrogens (tertiary/aromatic N) is 2. The van der Waals surface area contributed by atoms with E-state index in [-0.39, 0.29) is 10.6 Å². The minimum Gasteiger partial charge on any atom is -0.381 e. The smallest absolute Gasteiger partial charge is 0.292 e. The summed E-state index contributed by atoms with van der Waals surface area (Å²) < 4.78 is 0. The van der Waals surface area contributed by atoms with Crippen molar-refractivity contribution in [2.24, 2.45) is 0 Å². The minimum absolute atomic E-state index is 0.169. The highest BCUT2D eigenvalue weighted by molar-refractivity contribution is 5.64. The second kappa shape index (κ2) is 9.80. The lowest BCUT2D eigenvalue weighted by atomic mass is 10.1. The van der Waals surface area contributed by atoms with Crippen molar-refractivity contribution in [2.75, 3.05) is 23.3 Å². The van der Waals surface area contributed by atoms with Gasteiger partial charge in [0.1, 0.15) is 5.69 Å². The molecule has 2 aromatic rings. The first-order valence-electron chi connectivity index (χ1n) is 9.44. The summed E-state index contributed by atoms with van der Waals surface area (Å²) in [5, 5.41) is 14.8. The van der Waals surface area contributed by atoms with E-state index in [0.717, 1.165) is 30.8 Å². The fraction of sp³-hybridized carbons (Fsp3) is 0.429. The van der Waals surface area contributed by atoms with Crippen LogP contribution in [0.1, 0.15) is 44.7 Å². The molecule has 0 saturated carbocycles. The summed E-state index contributed by atoms with van der Waals surface area (Å²) in [6.07, 6.45) is 3.51. The lowest BCUT2D eigenvalue weighted by Crippen LogP contribution is -2.22.